The molecule has 3 rings (SSSR count). The van der Waals surface area contributed by atoms with Crippen molar-refractivity contribution in [2.24, 2.45) is 0 Å². The molecule has 0 radical (unpaired) electrons. The van der Waals surface area contributed by atoms with Crippen LogP contribution in [-0.2, 0) is 0 Å². The molecule has 68 valence electrons. The van der Waals surface area contributed by atoms with E-state index in [0.29, 0.717) is 0 Å². The van der Waals surface area contributed by atoms with Crippen LogP contribution in [0.1, 0.15) is 0 Å². The molecule has 0 unspecified atom stereocenters. The van der Waals surface area contributed by atoms with Crippen molar-refractivity contribution in [1.82, 2.24) is 4.98 Å². The molecule has 0 aliphatic rings. The molecule has 1 N–H and O–H groups in total. The minimum absolute atomic E-state index is 0.876. The number of aromatic nitrogens is 1. The van der Waals surface area contributed by atoms with Crippen molar-refractivity contribution in [1.29, 1.82) is 0 Å². The Hall–Kier alpha value is -1.96. The zero-order chi connectivity index (χ0) is 9.38. The van der Waals surface area contributed by atoms with Crippen LogP contribution >= 0.6 is 0 Å². The number of benzene rings is 1. The normalized spacial score (nSPS) is 10.9. The Morgan fingerprint density at radius 1 is 1.00 bits per heavy atom. The number of fused-ring (bicyclic) bond motifs is 1. The van der Waals surface area contributed by atoms with E-state index in [1.807, 2.05) is 24.3 Å². The molecule has 2 heteroatoms. The Morgan fingerprint density at radius 2 is 1.93 bits per heavy atom. The van der Waals surface area contributed by atoms with Crippen molar-refractivity contribution >= 4 is 10.9 Å². The van der Waals surface area contributed by atoms with Crippen molar-refractivity contribution in [2.75, 3.05) is 0 Å². The van der Waals surface area contributed by atoms with Gasteiger partial charge in [0, 0.05) is 10.9 Å². The number of aromatic amines is 1. The van der Waals surface area contributed by atoms with Crippen LogP contribution < -0.4 is 0 Å². The minimum Gasteiger partial charge on any atom is -0.463 e. The first kappa shape index (κ1) is 7.44. The molecule has 0 saturated carbocycles. The van der Waals surface area contributed by atoms with Crippen LogP contribution in [0, 0.1) is 0 Å². The first-order valence-electron chi connectivity index (χ1n) is 4.55. The highest BCUT2D eigenvalue weighted by Crippen LogP contribution is 2.23. The van der Waals surface area contributed by atoms with E-state index in [-0.39, 0.29) is 0 Å². The number of hydrogen-bond acceptors (Lipinski definition) is 1. The number of hydrogen-bond donors (Lipinski definition) is 1. The van der Waals surface area contributed by atoms with Gasteiger partial charge in [-0.25, -0.2) is 0 Å². The summed E-state index contributed by atoms with van der Waals surface area (Å²) in [6.07, 6.45) is 1.68. The smallest absolute Gasteiger partial charge is 0.150 e. The van der Waals surface area contributed by atoms with E-state index < -0.39 is 0 Å². The second-order valence-corrected chi connectivity index (χ2v) is 3.25. The summed E-state index contributed by atoms with van der Waals surface area (Å²) in [6, 6.07) is 14.1. The Balaban J connectivity index is 2.24. The maximum absolute atomic E-state index is 5.32. The van der Waals surface area contributed by atoms with Gasteiger partial charge in [-0.05, 0) is 24.3 Å². The minimum atomic E-state index is 0.876. The lowest BCUT2D eigenvalue weighted by atomic mass is 10.2. The summed E-state index contributed by atoms with van der Waals surface area (Å²) in [4.78, 5) is 3.30. The Bertz CT molecular complexity index is 515. The molecular weight excluding hydrogens is 174 g/mol. The SMILES string of the molecule is c1coc(-c2cc3ccccc3[nH]2)c1. The van der Waals surface area contributed by atoms with Crippen LogP contribution in [0.4, 0.5) is 0 Å². The predicted octanol–water partition coefficient (Wildman–Crippen LogP) is 3.43. The van der Waals surface area contributed by atoms with Crippen molar-refractivity contribution in [2.45, 2.75) is 0 Å². The summed E-state index contributed by atoms with van der Waals surface area (Å²) < 4.78 is 5.32. The number of furan rings is 1. The third kappa shape index (κ3) is 1.04. The van der Waals surface area contributed by atoms with Crippen LogP contribution in [0.15, 0.2) is 53.1 Å². The average molecular weight is 183 g/mol. The van der Waals surface area contributed by atoms with Crippen LogP contribution in [0.25, 0.3) is 22.4 Å². The number of para-hydroxylation sites is 1. The lowest BCUT2D eigenvalue weighted by Gasteiger charge is -1.88. The summed E-state index contributed by atoms with van der Waals surface area (Å²) in [7, 11) is 0. The van der Waals surface area contributed by atoms with Crippen molar-refractivity contribution in [3.8, 4) is 11.5 Å². The predicted molar refractivity (Wildman–Crippen MR) is 56.0 cm³/mol. The average Bonchev–Trinajstić information content (AvgIpc) is 2.86. The van der Waals surface area contributed by atoms with Gasteiger partial charge in [0.25, 0.3) is 0 Å². The molecule has 1 aromatic carbocycles. The zero-order valence-corrected chi connectivity index (χ0v) is 7.53. The summed E-state index contributed by atoms with van der Waals surface area (Å²) in [5.41, 5.74) is 2.16. The highest BCUT2D eigenvalue weighted by Gasteiger charge is 2.03. The highest BCUT2D eigenvalue weighted by molar-refractivity contribution is 5.84. The summed E-state index contributed by atoms with van der Waals surface area (Å²) in [6.45, 7) is 0. The third-order valence-corrected chi connectivity index (χ3v) is 2.32. The molecule has 0 spiro atoms. The monoisotopic (exact) mass is 183 g/mol. The quantitative estimate of drug-likeness (QED) is 0.615. The van der Waals surface area contributed by atoms with Crippen molar-refractivity contribution in [3.63, 3.8) is 0 Å². The van der Waals surface area contributed by atoms with Crippen molar-refractivity contribution in [3.05, 3.63) is 48.7 Å². The second kappa shape index (κ2) is 2.77. The zero-order valence-electron chi connectivity index (χ0n) is 7.53. The first-order chi connectivity index (χ1) is 6.93. The topological polar surface area (TPSA) is 28.9 Å². The van der Waals surface area contributed by atoms with Crippen LogP contribution in [0.3, 0.4) is 0 Å². The standard InChI is InChI=1S/C12H9NO/c1-2-5-10-9(4-1)8-11(13-10)12-6-3-7-14-12/h1-8,13H. The lowest BCUT2D eigenvalue weighted by Crippen LogP contribution is -1.69. The molecule has 3 aromatic rings. The molecule has 0 aliphatic heterocycles. The number of rotatable bonds is 1. The van der Waals surface area contributed by atoms with Crippen molar-refractivity contribution < 1.29 is 4.42 Å². The fraction of sp³-hybridized carbons (Fsp3) is 0. The summed E-state index contributed by atoms with van der Waals surface area (Å²) in [5, 5.41) is 1.21. The van der Waals surface area contributed by atoms with E-state index in [1.165, 1.54) is 5.39 Å². The van der Waals surface area contributed by atoms with Gasteiger partial charge in [0.15, 0.2) is 0 Å². The van der Waals surface area contributed by atoms with Gasteiger partial charge >= 0.3 is 0 Å². The van der Waals surface area contributed by atoms with Gasteiger partial charge in [0.2, 0.25) is 0 Å². The summed E-state index contributed by atoms with van der Waals surface area (Å²) in [5.74, 6) is 0.876. The van der Waals surface area contributed by atoms with Crippen LogP contribution in [-0.4, -0.2) is 4.98 Å². The lowest BCUT2D eigenvalue weighted by molar-refractivity contribution is 0.580. The number of H-pyrrole nitrogens is 1. The van der Waals surface area contributed by atoms with Gasteiger partial charge in [-0.3, -0.25) is 0 Å². The van der Waals surface area contributed by atoms with E-state index in [9.17, 15) is 0 Å². The highest BCUT2D eigenvalue weighted by atomic mass is 16.3. The van der Waals surface area contributed by atoms with Gasteiger partial charge in [0.05, 0.1) is 12.0 Å². The van der Waals surface area contributed by atoms with Gasteiger partial charge in [-0.1, -0.05) is 18.2 Å². The van der Waals surface area contributed by atoms with Gasteiger partial charge in [-0.15, -0.1) is 0 Å². The van der Waals surface area contributed by atoms with Crippen LogP contribution in [0.2, 0.25) is 0 Å². The molecule has 0 aliphatic carbocycles. The molecule has 0 bridgehead atoms. The number of nitrogens with one attached hydrogen (secondary N) is 1. The molecule has 0 fully saturated rings. The fourth-order valence-electron chi connectivity index (χ4n) is 1.64. The molecular formula is C12H9NO. The molecule has 0 amide bonds. The second-order valence-electron chi connectivity index (χ2n) is 3.25. The Morgan fingerprint density at radius 3 is 2.71 bits per heavy atom. The molecule has 0 atom stereocenters. The fourth-order valence-corrected chi connectivity index (χ4v) is 1.64. The molecule has 2 nitrogen and oxygen atoms in total. The maximum atomic E-state index is 5.32. The Labute approximate surface area is 81.2 Å². The van der Waals surface area contributed by atoms with E-state index in [1.54, 1.807) is 6.26 Å². The maximum Gasteiger partial charge on any atom is 0.150 e. The molecule has 0 saturated heterocycles. The van der Waals surface area contributed by atoms with Gasteiger partial charge < -0.3 is 9.40 Å². The molecule has 2 heterocycles. The van der Waals surface area contributed by atoms with E-state index >= 15 is 0 Å². The van der Waals surface area contributed by atoms with Crippen LogP contribution in [0.5, 0.6) is 0 Å². The summed E-state index contributed by atoms with van der Waals surface area (Å²) >= 11 is 0. The molecule has 14 heavy (non-hydrogen) atoms. The van der Waals surface area contributed by atoms with E-state index in [0.717, 1.165) is 17.0 Å². The largest absolute Gasteiger partial charge is 0.463 e. The first-order valence-corrected chi connectivity index (χ1v) is 4.55. The van der Waals surface area contributed by atoms with E-state index in [4.69, 9.17) is 4.42 Å². The van der Waals surface area contributed by atoms with Gasteiger partial charge in [0.1, 0.15) is 5.76 Å². The Kier molecular flexibility index (Phi) is 1.47. The van der Waals surface area contributed by atoms with Gasteiger partial charge in [-0.2, -0.15) is 0 Å². The third-order valence-electron chi connectivity index (χ3n) is 2.32. The molecule has 2 aromatic heterocycles. The van der Waals surface area contributed by atoms with E-state index in [2.05, 4.69) is 23.2 Å².